The fourth-order valence-corrected chi connectivity index (χ4v) is 10.3. The molecule has 1 atom stereocenters. The van der Waals surface area contributed by atoms with E-state index >= 15 is 0 Å². The molecule has 0 aromatic carbocycles. The molecule has 478 valence electrons. The average molecular weight is 1160 g/mol. The third-order valence-electron chi connectivity index (χ3n) is 15.6. The van der Waals surface area contributed by atoms with Crippen molar-refractivity contribution in [3.8, 4) is 0 Å². The van der Waals surface area contributed by atoms with Gasteiger partial charge in [0.05, 0.1) is 0 Å². The molecule has 0 heterocycles. The smallest absolute Gasteiger partial charge is 0.306 e. The summed E-state index contributed by atoms with van der Waals surface area (Å²) < 4.78 is 16.8. The molecular formula is C77H134O6. The van der Waals surface area contributed by atoms with Crippen LogP contribution in [0.25, 0.3) is 0 Å². The number of hydrogen-bond acceptors (Lipinski definition) is 6. The zero-order valence-electron chi connectivity index (χ0n) is 54.9. The van der Waals surface area contributed by atoms with Crippen molar-refractivity contribution in [3.05, 3.63) is 97.2 Å². The number of rotatable bonds is 65. The first-order valence-electron chi connectivity index (χ1n) is 35.7. The number of allylic oxidation sites excluding steroid dienone is 16. The second kappa shape index (κ2) is 70.8. The molecule has 0 amide bonds. The van der Waals surface area contributed by atoms with Gasteiger partial charge >= 0.3 is 17.9 Å². The molecule has 0 aromatic heterocycles. The molecule has 0 fully saturated rings. The number of ether oxygens (including phenoxy) is 3. The second-order valence-electron chi connectivity index (χ2n) is 23.8. The van der Waals surface area contributed by atoms with Gasteiger partial charge < -0.3 is 14.2 Å². The largest absolute Gasteiger partial charge is 0.462 e. The molecule has 83 heavy (non-hydrogen) atoms. The van der Waals surface area contributed by atoms with Crippen molar-refractivity contribution in [1.82, 2.24) is 0 Å². The van der Waals surface area contributed by atoms with Crippen molar-refractivity contribution >= 4 is 17.9 Å². The van der Waals surface area contributed by atoms with E-state index in [2.05, 4.69) is 118 Å². The molecule has 6 heteroatoms. The lowest BCUT2D eigenvalue weighted by molar-refractivity contribution is -0.167. The lowest BCUT2D eigenvalue weighted by Gasteiger charge is -2.18. The van der Waals surface area contributed by atoms with E-state index < -0.39 is 6.10 Å². The van der Waals surface area contributed by atoms with Crippen LogP contribution >= 0.6 is 0 Å². The van der Waals surface area contributed by atoms with Crippen molar-refractivity contribution < 1.29 is 28.6 Å². The molecule has 0 radical (unpaired) electrons. The Morgan fingerprint density at radius 1 is 0.253 bits per heavy atom. The van der Waals surface area contributed by atoms with E-state index in [4.69, 9.17) is 14.2 Å². The average Bonchev–Trinajstić information content (AvgIpc) is 3.48. The van der Waals surface area contributed by atoms with E-state index in [-0.39, 0.29) is 31.1 Å². The van der Waals surface area contributed by atoms with Crippen LogP contribution in [0.4, 0.5) is 0 Å². The van der Waals surface area contributed by atoms with Crippen LogP contribution in [0.2, 0.25) is 0 Å². The highest BCUT2D eigenvalue weighted by molar-refractivity contribution is 5.71. The SMILES string of the molecule is CC/C=C\C/C=C\C/C=C\C/C=C\C/C=C\C/C=C\C/C=C\C/C=C\CCCCCCCCC(=O)OCC(COC(=O)CCCCCCCC)OC(=O)CCCCCCCCCCCCCCCCCCCCCCCCCCCCCC. The summed E-state index contributed by atoms with van der Waals surface area (Å²) in [7, 11) is 0. The minimum Gasteiger partial charge on any atom is -0.462 e. The van der Waals surface area contributed by atoms with E-state index in [1.807, 2.05) is 0 Å². The molecule has 0 aliphatic heterocycles. The molecule has 0 bridgehead atoms. The molecule has 0 spiro atoms. The van der Waals surface area contributed by atoms with Crippen LogP contribution in [-0.4, -0.2) is 37.2 Å². The fraction of sp³-hybridized carbons (Fsp3) is 0.753. The maximum atomic E-state index is 12.9. The van der Waals surface area contributed by atoms with Crippen LogP contribution in [0.3, 0.4) is 0 Å². The normalized spacial score (nSPS) is 12.7. The first-order chi connectivity index (χ1) is 41.0. The van der Waals surface area contributed by atoms with Gasteiger partial charge in [-0.05, 0) is 83.5 Å². The van der Waals surface area contributed by atoms with Crippen LogP contribution in [0.5, 0.6) is 0 Å². The van der Waals surface area contributed by atoms with E-state index in [0.717, 1.165) is 122 Å². The Bertz CT molecular complexity index is 1610. The maximum absolute atomic E-state index is 12.9. The third kappa shape index (κ3) is 69.0. The van der Waals surface area contributed by atoms with Crippen LogP contribution in [0.15, 0.2) is 97.2 Å². The topological polar surface area (TPSA) is 78.9 Å². The number of carbonyl (C=O) groups is 3. The molecule has 0 aliphatic carbocycles. The number of unbranched alkanes of at least 4 members (excludes halogenated alkanes) is 38. The molecule has 0 N–H and O–H groups in total. The third-order valence-corrected chi connectivity index (χ3v) is 15.6. The van der Waals surface area contributed by atoms with Crippen molar-refractivity contribution in [2.24, 2.45) is 0 Å². The van der Waals surface area contributed by atoms with Crippen molar-refractivity contribution in [2.75, 3.05) is 13.2 Å². The van der Waals surface area contributed by atoms with Gasteiger partial charge in [0.25, 0.3) is 0 Å². The van der Waals surface area contributed by atoms with Crippen LogP contribution in [-0.2, 0) is 28.6 Å². The lowest BCUT2D eigenvalue weighted by Crippen LogP contribution is -2.30. The molecule has 0 rings (SSSR count). The summed E-state index contributed by atoms with van der Waals surface area (Å²) in [6, 6.07) is 0. The Balaban J connectivity index is 4.07. The monoisotopic (exact) mass is 1160 g/mol. The molecular weight excluding hydrogens is 1020 g/mol. The number of carbonyl (C=O) groups excluding carboxylic acids is 3. The second-order valence-corrected chi connectivity index (χ2v) is 23.8. The quantitative estimate of drug-likeness (QED) is 0.0261. The minimum absolute atomic E-state index is 0.0792. The van der Waals surface area contributed by atoms with Gasteiger partial charge in [-0.3, -0.25) is 14.4 Å². The Morgan fingerprint density at radius 2 is 0.470 bits per heavy atom. The van der Waals surface area contributed by atoms with Crippen LogP contribution < -0.4 is 0 Å². The van der Waals surface area contributed by atoms with E-state index in [1.165, 1.54) is 193 Å². The summed E-state index contributed by atoms with van der Waals surface area (Å²) in [5.74, 6) is -0.889. The van der Waals surface area contributed by atoms with Gasteiger partial charge in [0.15, 0.2) is 6.10 Å². The van der Waals surface area contributed by atoms with Crippen LogP contribution in [0, 0.1) is 0 Å². The van der Waals surface area contributed by atoms with Gasteiger partial charge in [0.1, 0.15) is 13.2 Å². The van der Waals surface area contributed by atoms with Crippen molar-refractivity contribution in [2.45, 2.75) is 361 Å². The first-order valence-corrected chi connectivity index (χ1v) is 35.7. The lowest BCUT2D eigenvalue weighted by atomic mass is 10.0. The van der Waals surface area contributed by atoms with E-state index in [0.29, 0.717) is 19.3 Å². The highest BCUT2D eigenvalue weighted by atomic mass is 16.6. The highest BCUT2D eigenvalue weighted by Gasteiger charge is 2.19. The summed E-state index contributed by atoms with van der Waals surface area (Å²) >= 11 is 0. The highest BCUT2D eigenvalue weighted by Crippen LogP contribution is 2.18. The van der Waals surface area contributed by atoms with Crippen molar-refractivity contribution in [3.63, 3.8) is 0 Å². The Hall–Kier alpha value is -3.67. The molecule has 0 saturated carbocycles. The fourth-order valence-electron chi connectivity index (χ4n) is 10.3. The summed E-state index contributed by atoms with van der Waals surface area (Å²) in [5.41, 5.74) is 0. The van der Waals surface area contributed by atoms with Gasteiger partial charge in [-0.15, -0.1) is 0 Å². The zero-order chi connectivity index (χ0) is 59.9. The Labute approximate surface area is 515 Å². The van der Waals surface area contributed by atoms with E-state index in [1.54, 1.807) is 0 Å². The van der Waals surface area contributed by atoms with Gasteiger partial charge in [-0.2, -0.15) is 0 Å². The number of hydrogen-bond donors (Lipinski definition) is 0. The molecule has 1 unspecified atom stereocenters. The molecule has 0 saturated heterocycles. The van der Waals surface area contributed by atoms with Gasteiger partial charge in [0.2, 0.25) is 0 Å². The molecule has 0 aromatic rings. The Kier molecular flexibility index (Phi) is 67.7. The van der Waals surface area contributed by atoms with Gasteiger partial charge in [0, 0.05) is 19.3 Å². The first kappa shape index (κ1) is 79.3. The molecule has 6 nitrogen and oxygen atoms in total. The maximum Gasteiger partial charge on any atom is 0.306 e. The number of esters is 3. The Morgan fingerprint density at radius 3 is 0.735 bits per heavy atom. The standard InChI is InChI=1S/C77H134O6/c1-4-7-10-13-16-18-20-22-24-26-28-30-32-34-36-38-39-40-42-43-45-47-49-51-53-55-57-59-61-64-67-70-76(79)82-73-74(72-81-75(78)69-66-63-15-12-9-6-3)83-77(80)71-68-65-62-60-58-56-54-52-50-48-46-44-41-37-35-33-31-29-27-25-23-21-19-17-14-11-8-5-2/h7,10,16,18,22,24,28,30,34,36,39-40,43,45,49,51,74H,4-6,8-9,11-15,17,19-21,23,25-27,29,31-33,35,37-38,41-42,44,46-48,50,52-73H2,1-3H3/b10-7-,18-16-,24-22-,30-28-,36-34-,40-39-,45-43-,51-49-. The predicted octanol–water partition coefficient (Wildman–Crippen LogP) is 24.8. The molecule has 0 aliphatic rings. The van der Waals surface area contributed by atoms with Crippen LogP contribution in [0.1, 0.15) is 355 Å². The zero-order valence-corrected chi connectivity index (χ0v) is 54.9. The summed E-state index contributed by atoms with van der Waals surface area (Å²) in [6.45, 7) is 6.50. The summed E-state index contributed by atoms with van der Waals surface area (Å²) in [5, 5.41) is 0. The summed E-state index contributed by atoms with van der Waals surface area (Å²) in [4.78, 5) is 38.1. The predicted molar refractivity (Wildman–Crippen MR) is 362 cm³/mol. The summed E-state index contributed by atoms with van der Waals surface area (Å²) in [6.07, 6.45) is 96.3. The van der Waals surface area contributed by atoms with Crippen molar-refractivity contribution in [1.29, 1.82) is 0 Å². The minimum atomic E-state index is -0.780. The van der Waals surface area contributed by atoms with Gasteiger partial charge in [-0.1, -0.05) is 349 Å². The van der Waals surface area contributed by atoms with E-state index in [9.17, 15) is 14.4 Å². The van der Waals surface area contributed by atoms with Gasteiger partial charge in [-0.25, -0.2) is 0 Å².